The van der Waals surface area contributed by atoms with Gasteiger partial charge < -0.3 is 10.2 Å². The molecule has 0 atom stereocenters. The van der Waals surface area contributed by atoms with E-state index in [-0.39, 0.29) is 0 Å². The molecule has 0 aliphatic rings. The predicted octanol–water partition coefficient (Wildman–Crippen LogP) is 1.37. The van der Waals surface area contributed by atoms with Crippen LogP contribution in [0.4, 0.5) is 5.82 Å². The van der Waals surface area contributed by atoms with E-state index in [1.54, 1.807) is 18.9 Å². The molecule has 0 aromatic carbocycles. The lowest BCUT2D eigenvalue weighted by molar-refractivity contribution is 0.218. The van der Waals surface area contributed by atoms with Crippen LogP contribution < -0.4 is 11.3 Å². The van der Waals surface area contributed by atoms with E-state index in [2.05, 4.69) is 15.4 Å². The Morgan fingerprint density at radius 2 is 2.19 bits per heavy atom. The number of hydrogen-bond acceptors (Lipinski definition) is 6. The molecule has 0 unspecified atom stereocenters. The third-order valence-electron chi connectivity index (χ3n) is 2.13. The van der Waals surface area contributed by atoms with Gasteiger partial charge in [0.15, 0.2) is 0 Å². The summed E-state index contributed by atoms with van der Waals surface area (Å²) < 4.78 is 5.01. The summed E-state index contributed by atoms with van der Waals surface area (Å²) in [6.45, 7) is 4.69. The van der Waals surface area contributed by atoms with Crippen molar-refractivity contribution in [3.63, 3.8) is 0 Å². The molecule has 1 heterocycles. The number of nitrogens with two attached hydrogens (primary N) is 1. The van der Waals surface area contributed by atoms with Crippen LogP contribution in [0.2, 0.25) is 0 Å². The number of nitrogens with one attached hydrogen (secondary N) is 1. The smallest absolute Gasteiger partial charge is 0.147 e. The standard InChI is InChI=1S/C10H18N4OS/c1-4-8-12-9(14-11)7(2)10(13-8)16-6-5-15-3/h4-6,11H2,1-3H3,(H,12,13,14). The van der Waals surface area contributed by atoms with E-state index in [0.29, 0.717) is 12.4 Å². The third-order valence-corrected chi connectivity index (χ3v) is 3.17. The maximum absolute atomic E-state index is 5.42. The number of aromatic nitrogens is 2. The summed E-state index contributed by atoms with van der Waals surface area (Å²) in [5.41, 5.74) is 3.59. The molecule has 1 aromatic rings. The second-order valence-corrected chi connectivity index (χ2v) is 4.34. The van der Waals surface area contributed by atoms with E-state index in [4.69, 9.17) is 10.6 Å². The van der Waals surface area contributed by atoms with E-state index >= 15 is 0 Å². The maximum atomic E-state index is 5.42. The molecule has 0 amide bonds. The Kier molecular flexibility index (Phi) is 5.51. The average molecular weight is 242 g/mol. The number of methoxy groups -OCH3 is 1. The molecule has 5 nitrogen and oxygen atoms in total. The molecular formula is C10H18N4OS. The normalized spacial score (nSPS) is 10.5. The van der Waals surface area contributed by atoms with Gasteiger partial charge >= 0.3 is 0 Å². The Balaban J connectivity index is 2.88. The molecule has 0 radical (unpaired) electrons. The molecule has 0 fully saturated rings. The van der Waals surface area contributed by atoms with Crippen LogP contribution in [0.5, 0.6) is 0 Å². The van der Waals surface area contributed by atoms with E-state index in [9.17, 15) is 0 Å². The summed E-state index contributed by atoms with van der Waals surface area (Å²) in [5.74, 6) is 7.81. The predicted molar refractivity (Wildman–Crippen MR) is 66.6 cm³/mol. The highest BCUT2D eigenvalue weighted by molar-refractivity contribution is 7.99. The van der Waals surface area contributed by atoms with Crippen molar-refractivity contribution in [3.8, 4) is 0 Å². The summed E-state index contributed by atoms with van der Waals surface area (Å²) in [5, 5.41) is 0.969. The minimum Gasteiger partial charge on any atom is -0.384 e. The van der Waals surface area contributed by atoms with Gasteiger partial charge in [-0.2, -0.15) is 0 Å². The second-order valence-electron chi connectivity index (χ2n) is 3.26. The summed E-state index contributed by atoms with van der Waals surface area (Å²) in [4.78, 5) is 8.78. The van der Waals surface area contributed by atoms with Gasteiger partial charge in [-0.1, -0.05) is 6.92 Å². The molecule has 0 aliphatic heterocycles. The van der Waals surface area contributed by atoms with Gasteiger partial charge in [0.25, 0.3) is 0 Å². The molecule has 0 spiro atoms. The van der Waals surface area contributed by atoms with Crippen molar-refractivity contribution in [1.29, 1.82) is 0 Å². The number of thioether (sulfide) groups is 1. The first kappa shape index (κ1) is 13.2. The maximum Gasteiger partial charge on any atom is 0.147 e. The number of anilines is 1. The minimum atomic E-state index is 0.701. The Morgan fingerprint density at radius 1 is 1.44 bits per heavy atom. The molecule has 90 valence electrons. The Hall–Kier alpha value is -0.850. The zero-order valence-electron chi connectivity index (χ0n) is 9.91. The molecule has 6 heteroatoms. The monoisotopic (exact) mass is 242 g/mol. The quantitative estimate of drug-likeness (QED) is 0.258. The molecule has 3 N–H and O–H groups in total. The summed E-state index contributed by atoms with van der Waals surface area (Å²) >= 11 is 1.66. The zero-order valence-corrected chi connectivity index (χ0v) is 10.7. The fraction of sp³-hybridized carbons (Fsp3) is 0.600. The van der Waals surface area contributed by atoms with E-state index in [0.717, 1.165) is 28.6 Å². The van der Waals surface area contributed by atoms with Crippen LogP contribution in [0, 0.1) is 6.92 Å². The van der Waals surface area contributed by atoms with Gasteiger partial charge in [0.1, 0.15) is 16.7 Å². The summed E-state index contributed by atoms with van der Waals surface area (Å²) in [6, 6.07) is 0. The SMILES string of the molecule is CCc1nc(NN)c(C)c(SCCOC)n1. The van der Waals surface area contributed by atoms with Crippen LogP contribution in [0.25, 0.3) is 0 Å². The first-order valence-corrected chi connectivity index (χ1v) is 6.17. The largest absolute Gasteiger partial charge is 0.384 e. The highest BCUT2D eigenvalue weighted by Gasteiger charge is 2.09. The Morgan fingerprint density at radius 3 is 2.75 bits per heavy atom. The number of nitrogen functional groups attached to an aromatic ring is 1. The molecule has 1 aromatic heterocycles. The average Bonchev–Trinajstić information content (AvgIpc) is 2.31. The van der Waals surface area contributed by atoms with Gasteiger partial charge in [-0.15, -0.1) is 11.8 Å². The first-order valence-electron chi connectivity index (χ1n) is 5.18. The van der Waals surface area contributed by atoms with Gasteiger partial charge in [0.2, 0.25) is 0 Å². The van der Waals surface area contributed by atoms with E-state index in [1.165, 1.54) is 0 Å². The van der Waals surface area contributed by atoms with Crippen LogP contribution >= 0.6 is 11.8 Å². The zero-order chi connectivity index (χ0) is 12.0. The van der Waals surface area contributed by atoms with Crippen LogP contribution in [0.3, 0.4) is 0 Å². The van der Waals surface area contributed by atoms with Crippen molar-refractivity contribution < 1.29 is 4.74 Å². The van der Waals surface area contributed by atoms with Crippen LogP contribution in [-0.4, -0.2) is 29.4 Å². The number of aryl methyl sites for hydroxylation is 1. The van der Waals surface area contributed by atoms with E-state index < -0.39 is 0 Å². The van der Waals surface area contributed by atoms with Crippen molar-refractivity contribution in [1.82, 2.24) is 9.97 Å². The van der Waals surface area contributed by atoms with E-state index in [1.807, 2.05) is 13.8 Å². The highest BCUT2D eigenvalue weighted by Crippen LogP contribution is 2.24. The molecule has 0 aliphatic carbocycles. The Bertz CT molecular complexity index is 346. The van der Waals surface area contributed by atoms with Crippen LogP contribution in [0.1, 0.15) is 18.3 Å². The molecule has 16 heavy (non-hydrogen) atoms. The lowest BCUT2D eigenvalue weighted by atomic mass is 10.3. The number of hydrazine groups is 1. The Labute approximate surface area is 100 Å². The van der Waals surface area contributed by atoms with Crippen molar-refractivity contribution in [2.75, 3.05) is 24.9 Å². The van der Waals surface area contributed by atoms with Crippen molar-refractivity contribution in [2.24, 2.45) is 5.84 Å². The molecular weight excluding hydrogens is 224 g/mol. The molecule has 0 saturated carbocycles. The molecule has 1 rings (SSSR count). The van der Waals surface area contributed by atoms with Crippen LogP contribution in [0.15, 0.2) is 5.03 Å². The van der Waals surface area contributed by atoms with Gasteiger partial charge in [-0.3, -0.25) is 0 Å². The summed E-state index contributed by atoms with van der Waals surface area (Å²) in [6.07, 6.45) is 0.798. The second kappa shape index (κ2) is 6.67. The highest BCUT2D eigenvalue weighted by atomic mass is 32.2. The van der Waals surface area contributed by atoms with Gasteiger partial charge in [0, 0.05) is 24.8 Å². The number of ether oxygens (including phenoxy) is 1. The number of nitrogens with zero attached hydrogens (tertiary/aromatic N) is 2. The van der Waals surface area contributed by atoms with Gasteiger partial charge in [0.05, 0.1) is 6.61 Å². The van der Waals surface area contributed by atoms with Gasteiger partial charge in [-0.05, 0) is 6.92 Å². The van der Waals surface area contributed by atoms with Gasteiger partial charge in [-0.25, -0.2) is 15.8 Å². The lowest BCUT2D eigenvalue weighted by Crippen LogP contribution is -2.13. The summed E-state index contributed by atoms with van der Waals surface area (Å²) in [7, 11) is 1.69. The van der Waals surface area contributed by atoms with Crippen molar-refractivity contribution in [2.45, 2.75) is 25.3 Å². The van der Waals surface area contributed by atoms with Crippen molar-refractivity contribution >= 4 is 17.6 Å². The molecule has 0 bridgehead atoms. The molecule has 0 saturated heterocycles. The minimum absolute atomic E-state index is 0.701. The first-order chi connectivity index (χ1) is 7.72. The van der Waals surface area contributed by atoms with Crippen molar-refractivity contribution in [3.05, 3.63) is 11.4 Å². The number of rotatable bonds is 6. The number of hydrogen-bond donors (Lipinski definition) is 2. The fourth-order valence-corrected chi connectivity index (χ4v) is 2.13. The lowest BCUT2D eigenvalue weighted by Gasteiger charge is -2.10. The van der Waals surface area contributed by atoms with Crippen LogP contribution in [-0.2, 0) is 11.2 Å². The fourth-order valence-electron chi connectivity index (χ4n) is 1.20. The third kappa shape index (κ3) is 3.33. The topological polar surface area (TPSA) is 73.1 Å².